The van der Waals surface area contributed by atoms with E-state index in [0.717, 1.165) is 36.5 Å². The largest absolute Gasteiger partial charge is 0.369 e. The van der Waals surface area contributed by atoms with Crippen LogP contribution in [0, 0.1) is 40.4 Å². The van der Waals surface area contributed by atoms with Gasteiger partial charge in [0.25, 0.3) is 0 Å². The van der Waals surface area contributed by atoms with Crippen LogP contribution in [-0.4, -0.2) is 5.91 Å². The maximum atomic E-state index is 11.8. The molecule has 0 bridgehead atoms. The van der Waals surface area contributed by atoms with Crippen LogP contribution in [0.4, 0.5) is 0 Å². The summed E-state index contributed by atoms with van der Waals surface area (Å²) in [4.78, 5) is 11.8. The van der Waals surface area contributed by atoms with E-state index in [9.17, 15) is 4.79 Å². The van der Waals surface area contributed by atoms with E-state index in [4.69, 9.17) is 5.73 Å². The third-order valence-corrected chi connectivity index (χ3v) is 8.80. The highest BCUT2D eigenvalue weighted by Crippen LogP contribution is 2.66. The Balaban J connectivity index is 1.62. The lowest BCUT2D eigenvalue weighted by atomic mass is 9.44. The highest BCUT2D eigenvalue weighted by atomic mass is 16.1. The highest BCUT2D eigenvalue weighted by Gasteiger charge is 2.58. The molecule has 1 amide bonds. The summed E-state index contributed by atoms with van der Waals surface area (Å²) in [5, 5.41) is 0. The second-order valence-electron chi connectivity index (χ2n) is 9.62. The fraction of sp³-hybridized carbons (Fsp3) is 0.950. The minimum absolute atomic E-state index is 0.0386. The Kier molecular flexibility index (Phi) is 3.40. The molecule has 7 atom stereocenters. The molecule has 0 saturated heterocycles. The molecule has 4 aliphatic carbocycles. The topological polar surface area (TPSA) is 43.1 Å². The summed E-state index contributed by atoms with van der Waals surface area (Å²) in [6.45, 7) is 5.10. The lowest BCUT2D eigenvalue weighted by Crippen LogP contribution is -2.53. The van der Waals surface area contributed by atoms with Crippen LogP contribution < -0.4 is 5.73 Å². The van der Waals surface area contributed by atoms with Crippen molar-refractivity contribution >= 4 is 5.91 Å². The van der Waals surface area contributed by atoms with Gasteiger partial charge in [-0.2, -0.15) is 0 Å². The number of nitrogens with two attached hydrogens (primary N) is 1. The van der Waals surface area contributed by atoms with Gasteiger partial charge in [-0.3, -0.25) is 4.79 Å². The van der Waals surface area contributed by atoms with Crippen molar-refractivity contribution in [2.24, 2.45) is 46.2 Å². The quantitative estimate of drug-likeness (QED) is 0.760. The van der Waals surface area contributed by atoms with Crippen molar-refractivity contribution in [3.05, 3.63) is 0 Å². The average molecular weight is 303 g/mol. The fourth-order valence-corrected chi connectivity index (χ4v) is 7.60. The molecule has 0 aromatic carbocycles. The van der Waals surface area contributed by atoms with Crippen LogP contribution in [0.25, 0.3) is 0 Å². The monoisotopic (exact) mass is 303 g/mol. The van der Waals surface area contributed by atoms with Gasteiger partial charge in [-0.05, 0) is 92.3 Å². The average Bonchev–Trinajstić information content (AvgIpc) is 2.87. The molecule has 124 valence electrons. The number of primary amides is 1. The van der Waals surface area contributed by atoms with E-state index < -0.39 is 0 Å². The van der Waals surface area contributed by atoms with Gasteiger partial charge in [-0.25, -0.2) is 0 Å². The van der Waals surface area contributed by atoms with E-state index >= 15 is 0 Å². The van der Waals surface area contributed by atoms with Crippen molar-refractivity contribution in [1.29, 1.82) is 0 Å². The Morgan fingerprint density at radius 2 is 1.73 bits per heavy atom. The molecule has 0 aromatic heterocycles. The Bertz CT molecular complexity index is 474. The molecule has 0 heterocycles. The molecular formula is C20H33NO. The minimum atomic E-state index is -0.0386. The van der Waals surface area contributed by atoms with Crippen molar-refractivity contribution in [2.75, 3.05) is 0 Å². The normalized spacial score (nSPS) is 54.2. The molecule has 4 rings (SSSR count). The molecule has 1 unspecified atom stereocenters. The second kappa shape index (κ2) is 4.98. The number of hydrogen-bond donors (Lipinski definition) is 1. The number of fused-ring (bicyclic) bond motifs is 5. The first-order chi connectivity index (χ1) is 10.4. The van der Waals surface area contributed by atoms with Crippen LogP contribution >= 0.6 is 0 Å². The zero-order valence-corrected chi connectivity index (χ0v) is 14.4. The molecular weight excluding hydrogens is 270 g/mol. The summed E-state index contributed by atoms with van der Waals surface area (Å²) in [6.07, 6.45) is 13.5. The van der Waals surface area contributed by atoms with Gasteiger partial charge >= 0.3 is 0 Å². The molecule has 4 aliphatic rings. The molecule has 2 heteroatoms. The first-order valence-electron chi connectivity index (χ1n) is 9.73. The predicted molar refractivity (Wildman–Crippen MR) is 89.0 cm³/mol. The van der Waals surface area contributed by atoms with Gasteiger partial charge in [0.1, 0.15) is 0 Å². The van der Waals surface area contributed by atoms with E-state index in [-0.39, 0.29) is 11.8 Å². The lowest BCUT2D eigenvalue weighted by Gasteiger charge is -2.60. The lowest BCUT2D eigenvalue weighted by molar-refractivity contribution is -0.136. The van der Waals surface area contributed by atoms with Gasteiger partial charge in [-0.1, -0.05) is 20.3 Å². The zero-order valence-electron chi connectivity index (χ0n) is 14.4. The molecule has 0 spiro atoms. The molecule has 4 saturated carbocycles. The second-order valence-corrected chi connectivity index (χ2v) is 9.62. The molecule has 0 radical (unpaired) electrons. The summed E-state index contributed by atoms with van der Waals surface area (Å²) in [5.41, 5.74) is 6.72. The van der Waals surface area contributed by atoms with E-state index in [1.54, 1.807) is 0 Å². The molecule has 0 aromatic rings. The smallest absolute Gasteiger partial charge is 0.220 e. The summed E-state index contributed by atoms with van der Waals surface area (Å²) in [7, 11) is 0. The van der Waals surface area contributed by atoms with Gasteiger partial charge in [0.2, 0.25) is 5.91 Å². The van der Waals surface area contributed by atoms with Crippen LogP contribution in [-0.2, 0) is 4.79 Å². The van der Waals surface area contributed by atoms with Crippen LogP contribution in [0.2, 0.25) is 0 Å². The number of carbonyl (C=O) groups is 1. The molecule has 2 N–H and O–H groups in total. The van der Waals surface area contributed by atoms with Crippen LogP contribution in [0.3, 0.4) is 0 Å². The molecule has 4 fully saturated rings. The van der Waals surface area contributed by atoms with Gasteiger partial charge in [-0.15, -0.1) is 0 Å². The van der Waals surface area contributed by atoms with E-state index in [2.05, 4.69) is 13.8 Å². The summed E-state index contributed by atoms with van der Waals surface area (Å²) >= 11 is 0. The van der Waals surface area contributed by atoms with Crippen molar-refractivity contribution in [1.82, 2.24) is 0 Å². The Morgan fingerprint density at radius 1 is 0.955 bits per heavy atom. The minimum Gasteiger partial charge on any atom is -0.369 e. The molecule has 22 heavy (non-hydrogen) atoms. The van der Waals surface area contributed by atoms with Gasteiger partial charge in [0.15, 0.2) is 0 Å². The zero-order chi connectivity index (χ0) is 15.5. The Labute approximate surface area is 135 Å². The van der Waals surface area contributed by atoms with Crippen molar-refractivity contribution in [2.45, 2.75) is 78.1 Å². The van der Waals surface area contributed by atoms with Gasteiger partial charge in [0, 0.05) is 5.92 Å². The summed E-state index contributed by atoms with van der Waals surface area (Å²) in [6, 6.07) is 0. The van der Waals surface area contributed by atoms with E-state index in [1.165, 1.54) is 51.4 Å². The fourth-order valence-electron chi connectivity index (χ4n) is 7.60. The van der Waals surface area contributed by atoms with E-state index in [1.807, 2.05) is 0 Å². The van der Waals surface area contributed by atoms with Crippen LogP contribution in [0.15, 0.2) is 0 Å². The summed E-state index contributed by atoms with van der Waals surface area (Å²) < 4.78 is 0. The third-order valence-electron chi connectivity index (χ3n) is 8.80. The van der Waals surface area contributed by atoms with Crippen LogP contribution in [0.1, 0.15) is 78.1 Å². The van der Waals surface area contributed by atoms with Crippen molar-refractivity contribution in [3.63, 3.8) is 0 Å². The molecule has 2 nitrogen and oxygen atoms in total. The van der Waals surface area contributed by atoms with Crippen LogP contribution in [0.5, 0.6) is 0 Å². The number of rotatable bonds is 1. The first kappa shape index (κ1) is 15.0. The summed E-state index contributed by atoms with van der Waals surface area (Å²) in [5.74, 6) is 3.74. The standard InChI is InChI=1S/C20H33NO/c1-19-10-3-4-16(19)15-8-7-14-6-5-13(18(21)22)12-20(14,2)17(15)9-11-19/h13-17H,3-12H2,1-2H3,(H2,21,22)/t13?,14-,15+,16+,17+,19+,20+/m1/s1. The predicted octanol–water partition coefficient (Wildman–Crippen LogP) is 4.52. The Morgan fingerprint density at radius 3 is 2.50 bits per heavy atom. The number of hydrogen-bond acceptors (Lipinski definition) is 1. The van der Waals surface area contributed by atoms with Crippen molar-refractivity contribution < 1.29 is 4.79 Å². The SMILES string of the molecule is C[C@@]12CCC[C@H]1[C@@H]1CC[C@H]3CCC(C(N)=O)C[C@]3(C)[C@H]1CC2. The first-order valence-corrected chi connectivity index (χ1v) is 9.73. The van der Waals surface area contributed by atoms with E-state index in [0.29, 0.717) is 10.8 Å². The Hall–Kier alpha value is -0.530. The van der Waals surface area contributed by atoms with Gasteiger partial charge in [0.05, 0.1) is 0 Å². The maximum absolute atomic E-state index is 11.8. The maximum Gasteiger partial charge on any atom is 0.220 e. The number of carbonyl (C=O) groups excluding carboxylic acids is 1. The number of amides is 1. The molecule has 0 aliphatic heterocycles. The van der Waals surface area contributed by atoms with Gasteiger partial charge < -0.3 is 5.73 Å². The van der Waals surface area contributed by atoms with Crippen molar-refractivity contribution in [3.8, 4) is 0 Å². The highest BCUT2D eigenvalue weighted by molar-refractivity contribution is 5.76. The third kappa shape index (κ3) is 2.01.